The summed E-state index contributed by atoms with van der Waals surface area (Å²) in [6.45, 7) is 3.48. The molecular formula is C16H24N4O2. The molecule has 0 aliphatic carbocycles. The van der Waals surface area contributed by atoms with Gasteiger partial charge in [0.05, 0.1) is 11.2 Å². The third kappa shape index (κ3) is 3.39. The first-order valence-corrected chi connectivity index (χ1v) is 7.55. The van der Waals surface area contributed by atoms with Gasteiger partial charge < -0.3 is 19.9 Å². The number of imidazole rings is 1. The van der Waals surface area contributed by atoms with Gasteiger partial charge in [-0.25, -0.2) is 4.98 Å². The Balaban J connectivity index is 2.30. The van der Waals surface area contributed by atoms with Crippen LogP contribution in [0.5, 0.6) is 0 Å². The van der Waals surface area contributed by atoms with Crippen molar-refractivity contribution in [2.24, 2.45) is 0 Å². The Kier molecular flexibility index (Phi) is 5.38. The number of hydrogen-bond acceptors (Lipinski definition) is 4. The monoisotopic (exact) mass is 304 g/mol. The Labute approximate surface area is 130 Å². The molecular weight excluding hydrogens is 280 g/mol. The van der Waals surface area contributed by atoms with Crippen molar-refractivity contribution in [2.45, 2.75) is 32.9 Å². The number of rotatable bonds is 7. The van der Waals surface area contributed by atoms with E-state index >= 15 is 0 Å². The zero-order valence-corrected chi connectivity index (χ0v) is 13.5. The molecule has 2 rings (SSSR count). The van der Waals surface area contributed by atoms with Crippen molar-refractivity contribution in [1.82, 2.24) is 14.5 Å². The van der Waals surface area contributed by atoms with Crippen molar-refractivity contribution >= 4 is 22.6 Å². The van der Waals surface area contributed by atoms with Crippen LogP contribution in [0.3, 0.4) is 0 Å². The highest BCUT2D eigenvalue weighted by Gasteiger charge is 2.17. The molecule has 0 saturated carbocycles. The Bertz CT molecular complexity index is 651. The van der Waals surface area contributed by atoms with E-state index in [1.807, 2.05) is 29.8 Å². The van der Waals surface area contributed by atoms with Gasteiger partial charge in [0.15, 0.2) is 0 Å². The number of carbonyl (C=O) groups is 1. The summed E-state index contributed by atoms with van der Waals surface area (Å²) in [5.74, 6) is 0.778. The lowest BCUT2D eigenvalue weighted by atomic mass is 10.2. The van der Waals surface area contributed by atoms with Crippen LogP contribution in [0.4, 0.5) is 5.69 Å². The van der Waals surface area contributed by atoms with Gasteiger partial charge in [0, 0.05) is 20.7 Å². The minimum atomic E-state index is 0.0625. The average Bonchev–Trinajstić information content (AvgIpc) is 2.85. The largest absolute Gasteiger partial charge is 0.397 e. The lowest BCUT2D eigenvalue weighted by Gasteiger charge is -2.18. The van der Waals surface area contributed by atoms with Crippen molar-refractivity contribution in [3.63, 3.8) is 0 Å². The molecule has 0 saturated heterocycles. The van der Waals surface area contributed by atoms with E-state index in [0.717, 1.165) is 30.4 Å². The van der Waals surface area contributed by atoms with Crippen LogP contribution in [-0.4, -0.2) is 41.1 Å². The summed E-state index contributed by atoms with van der Waals surface area (Å²) in [6.07, 6.45) is 2.07. The van der Waals surface area contributed by atoms with E-state index in [4.69, 9.17) is 10.5 Å². The molecule has 0 fully saturated rings. The second-order valence-electron chi connectivity index (χ2n) is 5.43. The second-order valence-corrected chi connectivity index (χ2v) is 5.43. The van der Waals surface area contributed by atoms with Crippen LogP contribution < -0.4 is 5.73 Å². The number of likely N-dealkylation sites (N-methyl/N-ethyl adjacent to an activating group) is 1. The standard InChI is InChI=1S/C16H24N4O2/c1-4-5-9-19(2)15(21)10-20-13-8-6-7-12(17)16(13)18-14(20)11-22-3/h6-8H,4-5,9-11,17H2,1-3H3. The van der Waals surface area contributed by atoms with Crippen LogP contribution in [-0.2, 0) is 22.7 Å². The fraction of sp³-hybridized carbons (Fsp3) is 0.500. The van der Waals surface area contributed by atoms with Crippen molar-refractivity contribution < 1.29 is 9.53 Å². The second kappa shape index (κ2) is 7.26. The van der Waals surface area contributed by atoms with Gasteiger partial charge in [0.25, 0.3) is 0 Å². The fourth-order valence-corrected chi connectivity index (χ4v) is 2.41. The maximum atomic E-state index is 12.4. The highest BCUT2D eigenvalue weighted by molar-refractivity contribution is 5.89. The Hall–Kier alpha value is -2.08. The van der Waals surface area contributed by atoms with Crippen LogP contribution in [0, 0.1) is 0 Å². The van der Waals surface area contributed by atoms with E-state index < -0.39 is 0 Å². The lowest BCUT2D eigenvalue weighted by Crippen LogP contribution is -2.31. The quantitative estimate of drug-likeness (QED) is 0.794. The normalized spacial score (nSPS) is 11.0. The first kappa shape index (κ1) is 16.3. The third-order valence-electron chi connectivity index (χ3n) is 3.73. The molecule has 0 bridgehead atoms. The minimum Gasteiger partial charge on any atom is -0.397 e. The number of nitrogen functional groups attached to an aromatic ring is 1. The number of nitrogens with two attached hydrogens (primary N) is 1. The summed E-state index contributed by atoms with van der Waals surface area (Å²) in [5, 5.41) is 0. The van der Waals surface area contributed by atoms with Crippen molar-refractivity contribution in [1.29, 1.82) is 0 Å². The molecule has 120 valence electrons. The molecule has 0 radical (unpaired) electrons. The molecule has 1 amide bonds. The number of para-hydroxylation sites is 1. The number of methoxy groups -OCH3 is 1. The van der Waals surface area contributed by atoms with Crippen LogP contribution in [0.25, 0.3) is 11.0 Å². The van der Waals surface area contributed by atoms with E-state index in [2.05, 4.69) is 11.9 Å². The molecule has 0 spiro atoms. The smallest absolute Gasteiger partial charge is 0.242 e. The summed E-state index contributed by atoms with van der Waals surface area (Å²) in [4.78, 5) is 18.7. The van der Waals surface area contributed by atoms with E-state index in [-0.39, 0.29) is 12.5 Å². The lowest BCUT2D eigenvalue weighted by molar-refractivity contribution is -0.130. The number of amides is 1. The molecule has 0 unspecified atom stereocenters. The number of ether oxygens (including phenoxy) is 1. The molecule has 6 heteroatoms. The number of benzene rings is 1. The molecule has 0 atom stereocenters. The summed E-state index contributed by atoms with van der Waals surface area (Å²) in [6, 6.07) is 5.61. The predicted molar refractivity (Wildman–Crippen MR) is 87.4 cm³/mol. The van der Waals surface area contributed by atoms with Gasteiger partial charge in [-0.05, 0) is 18.6 Å². The van der Waals surface area contributed by atoms with Crippen LogP contribution in [0.2, 0.25) is 0 Å². The molecule has 0 aliphatic heterocycles. The predicted octanol–water partition coefficient (Wildman–Crippen LogP) is 2.02. The first-order chi connectivity index (χ1) is 10.6. The first-order valence-electron chi connectivity index (χ1n) is 7.55. The van der Waals surface area contributed by atoms with Gasteiger partial charge in [0.2, 0.25) is 5.91 Å². The number of fused-ring (bicyclic) bond motifs is 1. The summed E-state index contributed by atoms with van der Waals surface area (Å²) >= 11 is 0. The van der Waals surface area contributed by atoms with Gasteiger partial charge >= 0.3 is 0 Å². The van der Waals surface area contributed by atoms with Gasteiger partial charge in [-0.3, -0.25) is 4.79 Å². The highest BCUT2D eigenvalue weighted by Crippen LogP contribution is 2.22. The SMILES string of the molecule is CCCCN(C)C(=O)Cn1c(COC)nc2c(N)cccc21. The van der Waals surface area contributed by atoms with E-state index in [9.17, 15) is 4.79 Å². The molecule has 2 N–H and O–H groups in total. The Morgan fingerprint density at radius 2 is 2.23 bits per heavy atom. The summed E-state index contributed by atoms with van der Waals surface area (Å²) in [7, 11) is 3.45. The number of aromatic nitrogens is 2. The van der Waals surface area contributed by atoms with Crippen molar-refractivity contribution in [3.8, 4) is 0 Å². The number of nitrogens with zero attached hydrogens (tertiary/aromatic N) is 3. The van der Waals surface area contributed by atoms with Gasteiger partial charge in [-0.1, -0.05) is 19.4 Å². The third-order valence-corrected chi connectivity index (χ3v) is 3.73. The molecule has 6 nitrogen and oxygen atoms in total. The van der Waals surface area contributed by atoms with Crippen LogP contribution >= 0.6 is 0 Å². The summed E-state index contributed by atoms with van der Waals surface area (Å²) < 4.78 is 7.08. The van der Waals surface area contributed by atoms with Gasteiger partial charge in [-0.15, -0.1) is 0 Å². The van der Waals surface area contributed by atoms with Gasteiger partial charge in [0.1, 0.15) is 24.5 Å². The summed E-state index contributed by atoms with van der Waals surface area (Å²) in [5.41, 5.74) is 8.18. The van der Waals surface area contributed by atoms with Crippen LogP contribution in [0.15, 0.2) is 18.2 Å². The average molecular weight is 304 g/mol. The number of anilines is 1. The molecule has 1 heterocycles. The minimum absolute atomic E-state index is 0.0625. The maximum Gasteiger partial charge on any atom is 0.242 e. The fourth-order valence-electron chi connectivity index (χ4n) is 2.41. The molecule has 0 aliphatic rings. The van der Waals surface area contributed by atoms with Crippen LogP contribution in [0.1, 0.15) is 25.6 Å². The van der Waals surface area contributed by atoms with Crippen molar-refractivity contribution in [3.05, 3.63) is 24.0 Å². The van der Waals surface area contributed by atoms with E-state index in [0.29, 0.717) is 18.1 Å². The van der Waals surface area contributed by atoms with E-state index in [1.165, 1.54) is 0 Å². The topological polar surface area (TPSA) is 73.4 Å². The number of carbonyl (C=O) groups excluding carboxylic acids is 1. The highest BCUT2D eigenvalue weighted by atomic mass is 16.5. The zero-order valence-electron chi connectivity index (χ0n) is 13.5. The number of unbranched alkanes of at least 4 members (excludes halogenated alkanes) is 1. The Morgan fingerprint density at radius 1 is 1.45 bits per heavy atom. The molecule has 22 heavy (non-hydrogen) atoms. The number of hydrogen-bond donors (Lipinski definition) is 1. The van der Waals surface area contributed by atoms with E-state index in [1.54, 1.807) is 12.0 Å². The maximum absolute atomic E-state index is 12.4. The zero-order chi connectivity index (χ0) is 16.1. The Morgan fingerprint density at radius 3 is 2.91 bits per heavy atom. The van der Waals surface area contributed by atoms with Crippen molar-refractivity contribution in [2.75, 3.05) is 26.4 Å². The molecule has 1 aromatic heterocycles. The van der Waals surface area contributed by atoms with Gasteiger partial charge in [-0.2, -0.15) is 0 Å². The molecule has 2 aromatic rings. The molecule has 1 aromatic carbocycles.